The summed E-state index contributed by atoms with van der Waals surface area (Å²) in [6, 6.07) is 8.52. The molecule has 0 radical (unpaired) electrons. The summed E-state index contributed by atoms with van der Waals surface area (Å²) in [5.41, 5.74) is -1.78. The number of anilines is 2. The van der Waals surface area contributed by atoms with Gasteiger partial charge in [0.25, 0.3) is 5.69 Å². The van der Waals surface area contributed by atoms with Crippen LogP contribution in [0.3, 0.4) is 0 Å². The average Bonchev–Trinajstić information content (AvgIpc) is 2.70. The number of benzene rings is 2. The third-order valence-corrected chi connectivity index (χ3v) is 4.11. The number of likely N-dealkylation sites (N-methyl/N-ethyl adjacent to an activating group) is 1. The van der Waals surface area contributed by atoms with E-state index in [1.165, 1.54) is 14.2 Å². The van der Waals surface area contributed by atoms with Crippen molar-refractivity contribution in [1.29, 1.82) is 0 Å². The lowest BCUT2D eigenvalue weighted by atomic mass is 10.1. The van der Waals surface area contributed by atoms with Crippen molar-refractivity contribution in [2.75, 3.05) is 37.9 Å². The van der Waals surface area contributed by atoms with Crippen molar-refractivity contribution in [3.05, 3.63) is 58.1 Å². The Bertz CT molecular complexity index is 981. The Labute approximate surface area is 174 Å². The molecule has 0 atom stereocenters. The maximum atomic E-state index is 12.8. The molecule has 0 fully saturated rings. The smallest absolute Gasteiger partial charge is 0.416 e. The van der Waals surface area contributed by atoms with Gasteiger partial charge in [-0.2, -0.15) is 13.2 Å². The molecule has 31 heavy (non-hydrogen) atoms. The Hall–Kier alpha value is -3.83. The number of nitrogens with zero attached hydrogens (tertiary/aromatic N) is 2. The van der Waals surface area contributed by atoms with Gasteiger partial charge in [-0.05, 0) is 24.3 Å². The van der Waals surface area contributed by atoms with Crippen LogP contribution in [0.15, 0.2) is 42.5 Å². The van der Waals surface area contributed by atoms with E-state index in [-0.39, 0.29) is 12.2 Å². The van der Waals surface area contributed by atoms with Gasteiger partial charge in [-0.3, -0.25) is 19.7 Å². The number of hydrogen-bond acceptors (Lipinski definition) is 6. The second-order valence-electron chi connectivity index (χ2n) is 6.37. The maximum absolute atomic E-state index is 12.8. The van der Waals surface area contributed by atoms with Crippen molar-refractivity contribution < 1.29 is 32.4 Å². The fourth-order valence-corrected chi connectivity index (χ4v) is 2.52. The van der Waals surface area contributed by atoms with Gasteiger partial charge in [0.1, 0.15) is 11.4 Å². The van der Waals surface area contributed by atoms with Crippen LogP contribution in [-0.4, -0.2) is 48.9 Å². The molecule has 0 bridgehead atoms. The quantitative estimate of drug-likeness (QED) is 0.482. The van der Waals surface area contributed by atoms with Crippen LogP contribution in [0.5, 0.6) is 5.75 Å². The number of hydrogen-bond donors (Lipinski definition) is 2. The number of alkyl halides is 3. The summed E-state index contributed by atoms with van der Waals surface area (Å²) in [6.07, 6.45) is -4.74. The first kappa shape index (κ1) is 23.4. The third-order valence-electron chi connectivity index (χ3n) is 4.11. The lowest BCUT2D eigenvalue weighted by Gasteiger charge is -2.18. The van der Waals surface area contributed by atoms with E-state index in [0.717, 1.165) is 11.0 Å². The van der Waals surface area contributed by atoms with Gasteiger partial charge < -0.3 is 20.3 Å². The normalized spacial score (nSPS) is 10.9. The first-order chi connectivity index (χ1) is 14.5. The fourth-order valence-electron chi connectivity index (χ4n) is 2.52. The van der Waals surface area contributed by atoms with Crippen molar-refractivity contribution in [2.45, 2.75) is 6.18 Å². The number of nitro benzene ring substituents is 1. The summed E-state index contributed by atoms with van der Waals surface area (Å²) in [7, 11) is 2.82. The van der Waals surface area contributed by atoms with E-state index in [2.05, 4.69) is 10.6 Å². The molecule has 0 aliphatic rings. The molecule has 2 aromatic carbocycles. The van der Waals surface area contributed by atoms with Crippen molar-refractivity contribution >= 4 is 28.9 Å². The standard InChI is InChI=1S/C19H19F3N4O5/c1-25(11-17(27)24-13-4-3-5-14(9-13)31-2)18(28)10-23-15-7-6-12(19(20,21)22)8-16(15)26(29)30/h3-9,23H,10-11H2,1-2H3,(H,24,27). The van der Waals surface area contributed by atoms with Crippen molar-refractivity contribution in [2.24, 2.45) is 0 Å². The predicted octanol–water partition coefficient (Wildman–Crippen LogP) is 3.13. The molecule has 2 N–H and O–H groups in total. The number of halogens is 3. The van der Waals surface area contributed by atoms with Crippen LogP contribution in [0, 0.1) is 10.1 Å². The Morgan fingerprint density at radius 2 is 1.90 bits per heavy atom. The third kappa shape index (κ3) is 6.59. The second kappa shape index (κ2) is 9.78. The van der Waals surface area contributed by atoms with Crippen LogP contribution in [-0.2, 0) is 15.8 Å². The summed E-state index contributed by atoms with van der Waals surface area (Å²) >= 11 is 0. The van der Waals surface area contributed by atoms with E-state index >= 15 is 0 Å². The first-order valence-electron chi connectivity index (χ1n) is 8.78. The Kier molecular flexibility index (Phi) is 7.40. The number of nitrogens with one attached hydrogen (secondary N) is 2. The zero-order chi connectivity index (χ0) is 23.2. The summed E-state index contributed by atoms with van der Waals surface area (Å²) in [4.78, 5) is 35.5. The highest BCUT2D eigenvalue weighted by Gasteiger charge is 2.33. The zero-order valence-corrected chi connectivity index (χ0v) is 16.5. The number of carbonyl (C=O) groups excluding carboxylic acids is 2. The number of amides is 2. The number of ether oxygens (including phenoxy) is 1. The Morgan fingerprint density at radius 3 is 2.52 bits per heavy atom. The number of carbonyl (C=O) groups is 2. The second-order valence-corrected chi connectivity index (χ2v) is 6.37. The molecule has 12 heteroatoms. The van der Waals surface area contributed by atoms with Gasteiger partial charge in [0.2, 0.25) is 11.8 Å². The SMILES string of the molecule is COc1cccc(NC(=O)CN(C)C(=O)CNc2ccc(C(F)(F)F)cc2[N+](=O)[O-])c1. The molecule has 0 aliphatic carbocycles. The van der Waals surface area contributed by atoms with E-state index in [9.17, 15) is 32.9 Å². The number of rotatable bonds is 8. The molecule has 9 nitrogen and oxygen atoms in total. The van der Waals surface area contributed by atoms with Gasteiger partial charge in [0.15, 0.2) is 0 Å². The highest BCUT2D eigenvalue weighted by Crippen LogP contribution is 2.34. The van der Waals surface area contributed by atoms with Gasteiger partial charge >= 0.3 is 6.18 Å². The molecular formula is C19H19F3N4O5. The van der Waals surface area contributed by atoms with Crippen molar-refractivity contribution in [3.63, 3.8) is 0 Å². The molecule has 0 heterocycles. The highest BCUT2D eigenvalue weighted by molar-refractivity contribution is 5.95. The van der Waals surface area contributed by atoms with Crippen LogP contribution in [0.1, 0.15) is 5.56 Å². The Balaban J connectivity index is 1.97. The molecule has 2 amide bonds. The molecule has 0 saturated carbocycles. The molecule has 0 aliphatic heterocycles. The van der Waals surface area contributed by atoms with Crippen molar-refractivity contribution in [1.82, 2.24) is 4.90 Å². The van der Waals surface area contributed by atoms with Gasteiger partial charge in [-0.1, -0.05) is 6.07 Å². The van der Waals surface area contributed by atoms with Gasteiger partial charge in [0.05, 0.1) is 30.7 Å². The lowest BCUT2D eigenvalue weighted by molar-refractivity contribution is -0.384. The summed E-state index contributed by atoms with van der Waals surface area (Å²) < 4.78 is 43.3. The minimum atomic E-state index is -4.74. The minimum absolute atomic E-state index is 0.249. The molecule has 0 saturated heterocycles. The monoisotopic (exact) mass is 440 g/mol. The van der Waals surface area contributed by atoms with Crippen LogP contribution >= 0.6 is 0 Å². The van der Waals surface area contributed by atoms with Crippen LogP contribution < -0.4 is 15.4 Å². The van der Waals surface area contributed by atoms with E-state index in [0.29, 0.717) is 23.6 Å². The average molecular weight is 440 g/mol. The summed E-state index contributed by atoms with van der Waals surface area (Å²) in [6.45, 7) is -0.776. The van der Waals surface area contributed by atoms with Gasteiger partial charge in [-0.15, -0.1) is 0 Å². The lowest BCUT2D eigenvalue weighted by Crippen LogP contribution is -2.38. The summed E-state index contributed by atoms with van der Waals surface area (Å²) in [5.74, 6) is -0.566. The van der Waals surface area contributed by atoms with E-state index < -0.39 is 40.7 Å². The molecular weight excluding hydrogens is 421 g/mol. The number of nitro groups is 1. The van der Waals surface area contributed by atoms with Crippen LogP contribution in [0.2, 0.25) is 0 Å². The summed E-state index contributed by atoms with van der Waals surface area (Å²) in [5, 5.41) is 16.1. The zero-order valence-electron chi connectivity index (χ0n) is 16.5. The predicted molar refractivity (Wildman–Crippen MR) is 106 cm³/mol. The molecule has 0 spiro atoms. The van der Waals surface area contributed by atoms with Crippen molar-refractivity contribution in [3.8, 4) is 5.75 Å². The van der Waals surface area contributed by atoms with Gasteiger partial charge in [0, 0.05) is 24.9 Å². The molecule has 2 rings (SSSR count). The van der Waals surface area contributed by atoms with Crippen LogP contribution in [0.4, 0.5) is 30.2 Å². The minimum Gasteiger partial charge on any atom is -0.497 e. The number of methoxy groups -OCH3 is 1. The van der Waals surface area contributed by atoms with E-state index in [1.54, 1.807) is 24.3 Å². The topological polar surface area (TPSA) is 114 Å². The fraction of sp³-hybridized carbons (Fsp3) is 0.263. The Morgan fingerprint density at radius 1 is 1.19 bits per heavy atom. The molecule has 0 aromatic heterocycles. The van der Waals surface area contributed by atoms with Crippen LogP contribution in [0.25, 0.3) is 0 Å². The van der Waals surface area contributed by atoms with E-state index in [4.69, 9.17) is 4.74 Å². The molecule has 166 valence electrons. The molecule has 0 unspecified atom stereocenters. The molecule has 2 aromatic rings. The highest BCUT2D eigenvalue weighted by atomic mass is 19.4. The first-order valence-corrected chi connectivity index (χ1v) is 8.78. The van der Waals surface area contributed by atoms with E-state index in [1.807, 2.05) is 0 Å². The largest absolute Gasteiger partial charge is 0.497 e. The maximum Gasteiger partial charge on any atom is 0.416 e. The van der Waals surface area contributed by atoms with Gasteiger partial charge in [-0.25, -0.2) is 0 Å².